The van der Waals surface area contributed by atoms with Gasteiger partial charge in [-0.25, -0.2) is 4.39 Å². The number of carbonyl (C=O) groups is 1. The molecule has 3 aromatic rings. The topological polar surface area (TPSA) is 51.7 Å². The van der Waals surface area contributed by atoms with E-state index in [-0.39, 0.29) is 17.3 Å². The fraction of sp³-hybridized carbons (Fsp3) is 0.407. The first-order valence-electron chi connectivity index (χ1n) is 11.8. The highest BCUT2D eigenvalue weighted by Gasteiger charge is 2.41. The second-order valence-electron chi connectivity index (χ2n) is 9.18. The molecule has 2 aliphatic heterocycles. The Morgan fingerprint density at radius 3 is 2.79 bits per heavy atom. The third-order valence-electron chi connectivity index (χ3n) is 7.02. The van der Waals surface area contributed by atoms with Crippen molar-refractivity contribution in [2.24, 2.45) is 5.92 Å². The Hall–Kier alpha value is -2.99. The van der Waals surface area contributed by atoms with Crippen molar-refractivity contribution in [3.63, 3.8) is 0 Å². The number of fused-ring (bicyclic) bond motifs is 1. The molecule has 0 saturated carbocycles. The Bertz CT molecular complexity index is 1110. The molecule has 1 spiro atoms. The smallest absolute Gasteiger partial charge is 0.253 e. The first kappa shape index (κ1) is 21.8. The van der Waals surface area contributed by atoms with Gasteiger partial charge in [0.25, 0.3) is 5.91 Å². The summed E-state index contributed by atoms with van der Waals surface area (Å²) in [5.74, 6) is 1.07. The van der Waals surface area contributed by atoms with Gasteiger partial charge in [0.2, 0.25) is 0 Å². The largest absolute Gasteiger partial charge is 0.494 e. The zero-order chi connectivity index (χ0) is 22.7. The number of amides is 1. The molecule has 3 heterocycles. The van der Waals surface area contributed by atoms with E-state index in [0.29, 0.717) is 36.9 Å². The van der Waals surface area contributed by atoms with Gasteiger partial charge in [0.1, 0.15) is 11.6 Å². The molecule has 2 aromatic carbocycles. The lowest BCUT2D eigenvalue weighted by molar-refractivity contribution is -0.125. The summed E-state index contributed by atoms with van der Waals surface area (Å²) >= 11 is 0. The van der Waals surface area contributed by atoms with Crippen molar-refractivity contribution < 1.29 is 18.7 Å². The molecule has 5 nitrogen and oxygen atoms in total. The number of rotatable bonds is 5. The van der Waals surface area contributed by atoms with Crippen molar-refractivity contribution in [1.82, 2.24) is 9.88 Å². The van der Waals surface area contributed by atoms with Crippen molar-refractivity contribution in [3.8, 4) is 5.75 Å². The highest BCUT2D eigenvalue weighted by atomic mass is 19.1. The first-order chi connectivity index (χ1) is 16.1. The number of hydrogen-bond donors (Lipinski definition) is 0. The predicted molar refractivity (Wildman–Crippen MR) is 125 cm³/mol. The number of pyridine rings is 1. The molecule has 172 valence electrons. The monoisotopic (exact) mass is 448 g/mol. The standard InChI is InChI=1S/C27H29FN2O3/c28-23-4-6-24(7-5-23)32-16-9-20-10-17-33-27(19-20)11-14-30(15-12-27)26(31)22-3-8-25-21(18-22)2-1-13-29-25/h1-8,13,18,20H,9-12,14-17,19H2. The van der Waals surface area contributed by atoms with Gasteiger partial charge in [0.15, 0.2) is 0 Å². The summed E-state index contributed by atoms with van der Waals surface area (Å²) in [4.78, 5) is 19.4. The van der Waals surface area contributed by atoms with Crippen LogP contribution in [-0.4, -0.2) is 47.7 Å². The van der Waals surface area contributed by atoms with E-state index in [0.717, 1.165) is 49.6 Å². The minimum Gasteiger partial charge on any atom is -0.494 e. The molecule has 6 heteroatoms. The lowest BCUT2D eigenvalue weighted by Crippen LogP contribution is -2.50. The van der Waals surface area contributed by atoms with E-state index in [2.05, 4.69) is 4.98 Å². The van der Waals surface area contributed by atoms with E-state index in [1.165, 1.54) is 12.1 Å². The van der Waals surface area contributed by atoms with Crippen molar-refractivity contribution in [2.75, 3.05) is 26.3 Å². The molecule has 33 heavy (non-hydrogen) atoms. The number of carbonyl (C=O) groups excluding carboxylic acids is 1. The minimum atomic E-state index is -0.254. The highest BCUT2D eigenvalue weighted by Crippen LogP contribution is 2.39. The van der Waals surface area contributed by atoms with Gasteiger partial charge in [-0.3, -0.25) is 9.78 Å². The normalized spacial score (nSPS) is 20.2. The molecule has 2 fully saturated rings. The second kappa shape index (κ2) is 9.48. The molecule has 1 atom stereocenters. The van der Waals surface area contributed by atoms with Crippen molar-refractivity contribution in [3.05, 3.63) is 72.2 Å². The number of ether oxygens (including phenoxy) is 2. The van der Waals surface area contributed by atoms with Gasteiger partial charge < -0.3 is 14.4 Å². The van der Waals surface area contributed by atoms with Crippen LogP contribution in [0.25, 0.3) is 10.9 Å². The summed E-state index contributed by atoms with van der Waals surface area (Å²) < 4.78 is 25.1. The van der Waals surface area contributed by atoms with Crippen LogP contribution < -0.4 is 4.74 Å². The Kier molecular flexibility index (Phi) is 6.27. The molecule has 2 saturated heterocycles. The summed E-state index contributed by atoms with van der Waals surface area (Å²) in [6.45, 7) is 2.80. The lowest BCUT2D eigenvalue weighted by atomic mass is 9.78. The molecule has 1 unspecified atom stereocenters. The third-order valence-corrected chi connectivity index (χ3v) is 7.02. The summed E-state index contributed by atoms with van der Waals surface area (Å²) in [6.07, 6.45) is 6.48. The number of likely N-dealkylation sites (tertiary alicyclic amines) is 1. The van der Waals surface area contributed by atoms with E-state index < -0.39 is 0 Å². The van der Waals surface area contributed by atoms with Crippen molar-refractivity contribution >= 4 is 16.8 Å². The summed E-state index contributed by atoms with van der Waals surface area (Å²) in [7, 11) is 0. The van der Waals surface area contributed by atoms with Gasteiger partial charge >= 0.3 is 0 Å². The SMILES string of the molecule is O=C(c1ccc2ncccc2c1)N1CCC2(CC1)CC(CCOc1ccc(F)cc1)CCO2. The Morgan fingerprint density at radius 2 is 1.97 bits per heavy atom. The third kappa shape index (κ3) is 5.01. The van der Waals surface area contributed by atoms with Gasteiger partial charge in [-0.2, -0.15) is 0 Å². The number of benzene rings is 2. The quantitative estimate of drug-likeness (QED) is 0.535. The fourth-order valence-electron chi connectivity index (χ4n) is 5.11. The van der Waals surface area contributed by atoms with Crippen LogP contribution in [0.5, 0.6) is 5.75 Å². The van der Waals surface area contributed by atoms with Crippen LogP contribution in [0.1, 0.15) is 42.5 Å². The van der Waals surface area contributed by atoms with Crippen LogP contribution >= 0.6 is 0 Å². The average Bonchev–Trinajstić information content (AvgIpc) is 2.85. The maximum absolute atomic E-state index is 13.1. The van der Waals surface area contributed by atoms with Crippen molar-refractivity contribution in [2.45, 2.75) is 37.7 Å². The Morgan fingerprint density at radius 1 is 1.15 bits per heavy atom. The number of aromatic nitrogens is 1. The zero-order valence-electron chi connectivity index (χ0n) is 18.7. The van der Waals surface area contributed by atoms with E-state index in [1.807, 2.05) is 35.2 Å². The van der Waals surface area contributed by atoms with Gasteiger partial charge in [-0.15, -0.1) is 0 Å². The van der Waals surface area contributed by atoms with Crippen LogP contribution in [0.15, 0.2) is 60.8 Å². The van der Waals surface area contributed by atoms with Crippen LogP contribution in [-0.2, 0) is 4.74 Å². The van der Waals surface area contributed by atoms with Crippen molar-refractivity contribution in [1.29, 1.82) is 0 Å². The molecule has 0 bridgehead atoms. The summed E-state index contributed by atoms with van der Waals surface area (Å²) in [5, 5.41) is 0.984. The summed E-state index contributed by atoms with van der Waals surface area (Å²) in [5.41, 5.74) is 1.48. The molecular formula is C27H29FN2O3. The molecule has 0 aliphatic carbocycles. The van der Waals surface area contributed by atoms with Gasteiger partial charge in [-0.05, 0) is 86.6 Å². The molecule has 5 rings (SSSR count). The minimum absolute atomic E-state index is 0.0793. The van der Waals surface area contributed by atoms with E-state index in [4.69, 9.17) is 9.47 Å². The van der Waals surface area contributed by atoms with E-state index in [9.17, 15) is 9.18 Å². The Labute approximate surface area is 193 Å². The predicted octanol–water partition coefficient (Wildman–Crippen LogP) is 5.24. The fourth-order valence-corrected chi connectivity index (χ4v) is 5.11. The average molecular weight is 449 g/mol. The van der Waals surface area contributed by atoms with Crippen LogP contribution in [0, 0.1) is 11.7 Å². The molecule has 0 N–H and O–H groups in total. The lowest BCUT2D eigenvalue weighted by Gasteiger charge is -2.46. The van der Waals surface area contributed by atoms with E-state index in [1.54, 1.807) is 18.3 Å². The van der Waals surface area contributed by atoms with Gasteiger partial charge in [0.05, 0.1) is 17.7 Å². The number of halogens is 1. The Balaban J connectivity index is 1.14. The van der Waals surface area contributed by atoms with Crippen LogP contribution in [0.2, 0.25) is 0 Å². The molecule has 1 amide bonds. The molecule has 0 radical (unpaired) electrons. The van der Waals surface area contributed by atoms with Gasteiger partial charge in [-0.1, -0.05) is 6.07 Å². The molecular weight excluding hydrogens is 419 g/mol. The maximum atomic E-state index is 13.1. The highest BCUT2D eigenvalue weighted by molar-refractivity contribution is 5.98. The van der Waals surface area contributed by atoms with Crippen LogP contribution in [0.3, 0.4) is 0 Å². The zero-order valence-corrected chi connectivity index (χ0v) is 18.7. The van der Waals surface area contributed by atoms with Gasteiger partial charge in [0, 0.05) is 36.8 Å². The number of piperidine rings is 1. The molecule has 1 aromatic heterocycles. The maximum Gasteiger partial charge on any atom is 0.253 e. The molecule has 2 aliphatic rings. The first-order valence-corrected chi connectivity index (χ1v) is 11.8. The van der Waals surface area contributed by atoms with Crippen LogP contribution in [0.4, 0.5) is 4.39 Å². The second-order valence-corrected chi connectivity index (χ2v) is 9.18. The number of hydrogen-bond acceptors (Lipinski definition) is 4. The summed E-state index contributed by atoms with van der Waals surface area (Å²) in [6, 6.07) is 15.8. The van der Waals surface area contributed by atoms with E-state index >= 15 is 0 Å². The number of nitrogens with zero attached hydrogens (tertiary/aromatic N) is 2.